The number of benzene rings is 2. The first kappa shape index (κ1) is 16.4. The molecule has 0 amide bonds. The van der Waals surface area contributed by atoms with E-state index in [4.69, 9.17) is 10.5 Å². The van der Waals surface area contributed by atoms with Crippen LogP contribution in [0.25, 0.3) is 0 Å². The molecule has 2 aromatic rings. The van der Waals surface area contributed by atoms with Crippen molar-refractivity contribution in [2.45, 2.75) is 18.5 Å². The van der Waals surface area contributed by atoms with Crippen LogP contribution in [0.4, 0.5) is 13.2 Å². The zero-order valence-electron chi connectivity index (χ0n) is 12.2. The largest absolute Gasteiger partial charge is 0.496 e. The first-order valence-electron chi connectivity index (χ1n) is 6.95. The Morgan fingerprint density at radius 1 is 1.05 bits per heavy atom. The molecule has 118 valence electrons. The van der Waals surface area contributed by atoms with Gasteiger partial charge in [-0.1, -0.05) is 30.3 Å². The fourth-order valence-electron chi connectivity index (χ4n) is 2.44. The van der Waals surface area contributed by atoms with Crippen molar-refractivity contribution in [3.8, 4) is 5.75 Å². The zero-order valence-corrected chi connectivity index (χ0v) is 12.2. The molecule has 1 unspecified atom stereocenters. The summed E-state index contributed by atoms with van der Waals surface area (Å²) in [6.45, 7) is 0.390. The highest BCUT2D eigenvalue weighted by atomic mass is 19.4. The Balaban J connectivity index is 2.20. The van der Waals surface area contributed by atoms with E-state index in [1.165, 1.54) is 12.1 Å². The van der Waals surface area contributed by atoms with Crippen LogP contribution in [0, 0.1) is 0 Å². The number of hydrogen-bond donors (Lipinski definition) is 1. The van der Waals surface area contributed by atoms with Crippen LogP contribution in [0.3, 0.4) is 0 Å². The maximum Gasteiger partial charge on any atom is 0.416 e. The second-order valence-corrected chi connectivity index (χ2v) is 5.07. The van der Waals surface area contributed by atoms with Gasteiger partial charge in [0.1, 0.15) is 5.75 Å². The van der Waals surface area contributed by atoms with Crippen LogP contribution in [0.5, 0.6) is 5.75 Å². The van der Waals surface area contributed by atoms with Crippen molar-refractivity contribution in [3.05, 3.63) is 65.2 Å². The van der Waals surface area contributed by atoms with E-state index in [-0.39, 0.29) is 5.92 Å². The molecule has 0 aromatic heterocycles. The van der Waals surface area contributed by atoms with Crippen molar-refractivity contribution >= 4 is 0 Å². The van der Waals surface area contributed by atoms with E-state index in [0.29, 0.717) is 13.0 Å². The summed E-state index contributed by atoms with van der Waals surface area (Å²) in [5, 5.41) is 0. The van der Waals surface area contributed by atoms with E-state index in [9.17, 15) is 13.2 Å². The monoisotopic (exact) mass is 309 g/mol. The van der Waals surface area contributed by atoms with E-state index >= 15 is 0 Å². The molecule has 0 heterocycles. The number of para-hydroxylation sites is 1. The Bertz CT molecular complexity index is 608. The lowest BCUT2D eigenvalue weighted by atomic mass is 9.91. The molecule has 0 fully saturated rings. The fourth-order valence-corrected chi connectivity index (χ4v) is 2.44. The normalized spacial score (nSPS) is 13.0. The molecule has 0 aliphatic rings. The topological polar surface area (TPSA) is 35.2 Å². The van der Waals surface area contributed by atoms with Gasteiger partial charge in [-0.05, 0) is 42.3 Å². The maximum absolute atomic E-state index is 12.6. The van der Waals surface area contributed by atoms with Crippen LogP contribution in [0.2, 0.25) is 0 Å². The van der Waals surface area contributed by atoms with Gasteiger partial charge < -0.3 is 10.5 Å². The first-order chi connectivity index (χ1) is 10.5. The minimum absolute atomic E-state index is 0.00659. The molecule has 5 heteroatoms. The van der Waals surface area contributed by atoms with Gasteiger partial charge in [-0.25, -0.2) is 0 Å². The van der Waals surface area contributed by atoms with Gasteiger partial charge in [-0.3, -0.25) is 0 Å². The highest BCUT2D eigenvalue weighted by Crippen LogP contribution is 2.31. The second-order valence-electron chi connectivity index (χ2n) is 5.07. The van der Waals surface area contributed by atoms with Gasteiger partial charge in [-0.2, -0.15) is 13.2 Å². The number of rotatable bonds is 5. The summed E-state index contributed by atoms with van der Waals surface area (Å²) in [6.07, 6.45) is -3.75. The molecule has 22 heavy (non-hydrogen) atoms. The van der Waals surface area contributed by atoms with Gasteiger partial charge in [-0.15, -0.1) is 0 Å². The third-order valence-corrected chi connectivity index (χ3v) is 3.63. The molecule has 0 spiro atoms. The van der Waals surface area contributed by atoms with Crippen LogP contribution in [-0.4, -0.2) is 13.7 Å². The second kappa shape index (κ2) is 6.83. The quantitative estimate of drug-likeness (QED) is 0.906. The van der Waals surface area contributed by atoms with Crippen molar-refractivity contribution < 1.29 is 17.9 Å². The Morgan fingerprint density at radius 2 is 1.68 bits per heavy atom. The summed E-state index contributed by atoms with van der Waals surface area (Å²) in [6, 6.07) is 12.8. The lowest BCUT2D eigenvalue weighted by Gasteiger charge is -2.18. The molecule has 0 saturated carbocycles. The molecule has 0 aliphatic heterocycles. The first-order valence-corrected chi connectivity index (χ1v) is 6.95. The summed E-state index contributed by atoms with van der Waals surface area (Å²) >= 11 is 0. The van der Waals surface area contributed by atoms with Crippen LogP contribution in [0.1, 0.15) is 22.6 Å². The maximum atomic E-state index is 12.6. The number of ether oxygens (including phenoxy) is 1. The minimum Gasteiger partial charge on any atom is -0.496 e. The highest BCUT2D eigenvalue weighted by molar-refractivity contribution is 5.38. The van der Waals surface area contributed by atoms with E-state index < -0.39 is 11.7 Å². The van der Waals surface area contributed by atoms with Crippen LogP contribution < -0.4 is 10.5 Å². The van der Waals surface area contributed by atoms with Gasteiger partial charge in [0.05, 0.1) is 12.7 Å². The molecule has 0 bridgehead atoms. The molecule has 0 aliphatic carbocycles. The number of hydrogen-bond acceptors (Lipinski definition) is 2. The van der Waals surface area contributed by atoms with Crippen LogP contribution in [-0.2, 0) is 12.6 Å². The SMILES string of the molecule is COc1ccccc1C(CN)Cc1ccc(C(F)(F)F)cc1. The summed E-state index contributed by atoms with van der Waals surface area (Å²) in [7, 11) is 1.59. The Morgan fingerprint density at radius 3 is 2.23 bits per heavy atom. The molecular formula is C17H18F3NO. The van der Waals surface area contributed by atoms with Crippen LogP contribution in [0.15, 0.2) is 48.5 Å². The molecular weight excluding hydrogens is 291 g/mol. The average Bonchev–Trinajstić information content (AvgIpc) is 2.52. The molecule has 2 nitrogen and oxygen atoms in total. The molecule has 2 rings (SSSR count). The standard InChI is InChI=1S/C17H18F3NO/c1-22-16-5-3-2-4-15(16)13(11-21)10-12-6-8-14(9-7-12)17(18,19)20/h2-9,13H,10-11,21H2,1H3. The van der Waals surface area contributed by atoms with Gasteiger partial charge in [0, 0.05) is 5.92 Å². The minimum atomic E-state index is -4.31. The van der Waals surface area contributed by atoms with Crippen molar-refractivity contribution in [1.82, 2.24) is 0 Å². The van der Waals surface area contributed by atoms with E-state index in [0.717, 1.165) is 29.0 Å². The predicted molar refractivity (Wildman–Crippen MR) is 79.9 cm³/mol. The zero-order chi connectivity index (χ0) is 16.2. The number of methoxy groups -OCH3 is 1. The third kappa shape index (κ3) is 3.80. The predicted octanol–water partition coefficient (Wildman–Crippen LogP) is 4.00. The van der Waals surface area contributed by atoms with E-state index in [1.54, 1.807) is 7.11 Å². The number of halogens is 3. The Kier molecular flexibility index (Phi) is 5.08. The molecule has 1 atom stereocenters. The van der Waals surface area contributed by atoms with Gasteiger partial charge in [0.2, 0.25) is 0 Å². The summed E-state index contributed by atoms with van der Waals surface area (Å²) in [5.41, 5.74) is 6.98. The smallest absolute Gasteiger partial charge is 0.416 e. The van der Waals surface area contributed by atoms with Gasteiger partial charge >= 0.3 is 6.18 Å². The van der Waals surface area contributed by atoms with Crippen molar-refractivity contribution in [1.29, 1.82) is 0 Å². The number of nitrogens with two attached hydrogens (primary N) is 1. The fraction of sp³-hybridized carbons (Fsp3) is 0.294. The van der Waals surface area contributed by atoms with Crippen molar-refractivity contribution in [3.63, 3.8) is 0 Å². The molecule has 0 radical (unpaired) electrons. The summed E-state index contributed by atoms with van der Waals surface area (Å²) < 4.78 is 43.1. The number of alkyl halides is 3. The highest BCUT2D eigenvalue weighted by Gasteiger charge is 2.30. The lowest BCUT2D eigenvalue weighted by molar-refractivity contribution is -0.137. The van der Waals surface area contributed by atoms with Gasteiger partial charge in [0.25, 0.3) is 0 Å². The third-order valence-electron chi connectivity index (χ3n) is 3.63. The summed E-state index contributed by atoms with van der Waals surface area (Å²) in [5.74, 6) is 0.734. The molecule has 2 N–H and O–H groups in total. The van der Waals surface area contributed by atoms with E-state index in [2.05, 4.69) is 0 Å². The van der Waals surface area contributed by atoms with E-state index in [1.807, 2.05) is 24.3 Å². The molecule has 0 saturated heterocycles. The van der Waals surface area contributed by atoms with Crippen molar-refractivity contribution in [2.24, 2.45) is 5.73 Å². The van der Waals surface area contributed by atoms with Crippen molar-refractivity contribution in [2.75, 3.05) is 13.7 Å². The lowest BCUT2D eigenvalue weighted by Crippen LogP contribution is -2.16. The Labute approximate surface area is 127 Å². The Hall–Kier alpha value is -2.01. The summed E-state index contributed by atoms with van der Waals surface area (Å²) in [4.78, 5) is 0. The average molecular weight is 309 g/mol. The molecule has 2 aromatic carbocycles. The van der Waals surface area contributed by atoms with Crippen LogP contribution >= 0.6 is 0 Å². The van der Waals surface area contributed by atoms with Gasteiger partial charge in [0.15, 0.2) is 0 Å².